The van der Waals surface area contributed by atoms with Crippen LogP contribution in [0, 0.1) is 0 Å². The van der Waals surface area contributed by atoms with Gasteiger partial charge in [0.1, 0.15) is 0 Å². The maximum atomic E-state index is 13.4. The van der Waals surface area contributed by atoms with E-state index in [4.69, 9.17) is 4.99 Å². The van der Waals surface area contributed by atoms with Crippen molar-refractivity contribution in [2.45, 2.75) is 13.1 Å². The fourth-order valence-electron chi connectivity index (χ4n) is 3.90. The number of benzene rings is 3. The Morgan fingerprint density at radius 3 is 2.28 bits per heavy atom. The normalized spacial score (nSPS) is 16.5. The minimum absolute atomic E-state index is 0.00130. The van der Waals surface area contributed by atoms with Crippen LogP contribution in [0.2, 0.25) is 0 Å². The minimum Gasteiger partial charge on any atom is -0.350 e. The van der Waals surface area contributed by atoms with Crippen LogP contribution >= 0.6 is 11.8 Å². The van der Waals surface area contributed by atoms with Gasteiger partial charge in [-0.3, -0.25) is 14.7 Å². The van der Waals surface area contributed by atoms with Crippen LogP contribution in [-0.2, 0) is 24.9 Å². The van der Waals surface area contributed by atoms with E-state index in [2.05, 4.69) is 35.0 Å². The number of carbonyl (C=O) groups excluding carboxylic acids is 1. The van der Waals surface area contributed by atoms with Crippen molar-refractivity contribution in [3.63, 3.8) is 0 Å². The van der Waals surface area contributed by atoms with Crippen LogP contribution in [0.5, 0.6) is 0 Å². The summed E-state index contributed by atoms with van der Waals surface area (Å²) in [5.41, 5.74) is 4.40. The second kappa shape index (κ2) is 8.89. The number of hydrogen-bond donors (Lipinski definition) is 0. The zero-order valence-electron chi connectivity index (χ0n) is 17.8. The zero-order valence-corrected chi connectivity index (χ0v) is 18.6. The fraction of sp³-hybridized carbons (Fsp3) is 0.111. The van der Waals surface area contributed by atoms with E-state index in [-0.39, 0.29) is 5.91 Å². The Labute approximate surface area is 191 Å². The summed E-state index contributed by atoms with van der Waals surface area (Å²) in [6, 6.07) is 28.4. The van der Waals surface area contributed by atoms with Gasteiger partial charge in [0.25, 0.3) is 5.91 Å². The van der Waals surface area contributed by atoms with Crippen molar-refractivity contribution in [3.8, 4) is 0 Å². The molecule has 0 unspecified atom stereocenters. The number of rotatable bonds is 5. The van der Waals surface area contributed by atoms with E-state index in [1.807, 2.05) is 73.8 Å². The van der Waals surface area contributed by atoms with Crippen molar-refractivity contribution in [2.75, 3.05) is 0 Å². The third-order valence-corrected chi connectivity index (χ3v) is 6.57. The number of para-hydroxylation sites is 1. The molecule has 0 saturated carbocycles. The van der Waals surface area contributed by atoms with Crippen molar-refractivity contribution < 1.29 is 4.79 Å². The predicted octanol–water partition coefficient (Wildman–Crippen LogP) is 5.85. The summed E-state index contributed by atoms with van der Waals surface area (Å²) in [4.78, 5) is 20.7. The van der Waals surface area contributed by atoms with Gasteiger partial charge in [0.15, 0.2) is 5.17 Å². The molecule has 1 aliphatic heterocycles. The number of carbonyl (C=O) groups is 1. The molecule has 2 heterocycles. The molecule has 158 valence electrons. The summed E-state index contributed by atoms with van der Waals surface area (Å²) < 4.78 is 2.10. The predicted molar refractivity (Wildman–Crippen MR) is 133 cm³/mol. The molecule has 1 aliphatic rings. The molecule has 4 nitrogen and oxygen atoms in total. The summed E-state index contributed by atoms with van der Waals surface area (Å²) in [7, 11) is 2.03. The van der Waals surface area contributed by atoms with Gasteiger partial charge in [0.2, 0.25) is 0 Å². The van der Waals surface area contributed by atoms with Crippen molar-refractivity contribution >= 4 is 39.8 Å². The number of hydrogen-bond acceptors (Lipinski definition) is 3. The highest BCUT2D eigenvalue weighted by Crippen LogP contribution is 2.35. The number of aliphatic imine (C=N–C) groups is 1. The van der Waals surface area contributed by atoms with Gasteiger partial charge in [-0.25, -0.2) is 0 Å². The van der Waals surface area contributed by atoms with Crippen molar-refractivity contribution in [3.05, 3.63) is 113 Å². The molecule has 0 aliphatic carbocycles. The molecular weight excluding hydrogens is 414 g/mol. The molecule has 1 amide bonds. The van der Waals surface area contributed by atoms with Crippen LogP contribution in [-0.4, -0.2) is 20.5 Å². The molecule has 5 rings (SSSR count). The first-order valence-corrected chi connectivity index (χ1v) is 11.4. The fourth-order valence-corrected chi connectivity index (χ4v) is 4.87. The number of thioether (sulfide) groups is 1. The third-order valence-electron chi connectivity index (χ3n) is 5.53. The monoisotopic (exact) mass is 437 g/mol. The first-order chi connectivity index (χ1) is 15.7. The van der Waals surface area contributed by atoms with Crippen LogP contribution in [0.3, 0.4) is 0 Å². The zero-order chi connectivity index (χ0) is 21.9. The summed E-state index contributed by atoms with van der Waals surface area (Å²) >= 11 is 1.46. The van der Waals surface area contributed by atoms with Gasteiger partial charge < -0.3 is 4.57 Å². The molecule has 4 aromatic rings. The second-order valence-electron chi connectivity index (χ2n) is 7.78. The first kappa shape index (κ1) is 20.3. The van der Waals surface area contributed by atoms with Crippen molar-refractivity contribution in [1.29, 1.82) is 0 Å². The maximum absolute atomic E-state index is 13.4. The maximum Gasteiger partial charge on any atom is 0.267 e. The topological polar surface area (TPSA) is 37.6 Å². The number of nitrogens with zero attached hydrogens (tertiary/aromatic N) is 3. The van der Waals surface area contributed by atoms with E-state index in [0.717, 1.165) is 32.8 Å². The molecular formula is C27H23N3OS. The van der Waals surface area contributed by atoms with E-state index < -0.39 is 0 Å². The quantitative estimate of drug-likeness (QED) is 0.367. The lowest BCUT2D eigenvalue weighted by atomic mass is 10.1. The van der Waals surface area contributed by atoms with Gasteiger partial charge in [-0.15, -0.1) is 0 Å². The number of amidine groups is 1. The molecule has 1 aromatic heterocycles. The first-order valence-electron chi connectivity index (χ1n) is 10.6. The average Bonchev–Trinajstić information content (AvgIpc) is 3.31. The summed E-state index contributed by atoms with van der Waals surface area (Å²) in [6.45, 7) is 1.05. The highest BCUT2D eigenvalue weighted by Gasteiger charge is 2.33. The number of aromatic nitrogens is 1. The highest BCUT2D eigenvalue weighted by atomic mass is 32.2. The van der Waals surface area contributed by atoms with Crippen LogP contribution < -0.4 is 0 Å². The third kappa shape index (κ3) is 4.12. The van der Waals surface area contributed by atoms with Gasteiger partial charge in [-0.1, -0.05) is 78.9 Å². The molecule has 1 saturated heterocycles. The van der Waals surface area contributed by atoms with Gasteiger partial charge in [0.05, 0.1) is 18.0 Å². The summed E-state index contributed by atoms with van der Waals surface area (Å²) in [5, 5.41) is 1.88. The number of fused-ring (bicyclic) bond motifs is 1. The Bertz CT molecular complexity index is 1320. The Morgan fingerprint density at radius 2 is 1.53 bits per heavy atom. The average molecular weight is 438 g/mol. The molecule has 0 bridgehead atoms. The standard InChI is InChI=1S/C27H23N3OS/c1-29-19-22(23-14-8-9-15-24(23)29)16-25-26(31)30(18-21-12-6-3-7-13-21)27(32-25)28-17-20-10-4-2-5-11-20/h2-16,19H,17-18H2,1H3/b25-16+,28-27?. The molecule has 0 N–H and O–H groups in total. The lowest BCUT2D eigenvalue weighted by Crippen LogP contribution is -2.28. The molecule has 5 heteroatoms. The smallest absolute Gasteiger partial charge is 0.267 e. The van der Waals surface area contributed by atoms with Crippen LogP contribution in [0.25, 0.3) is 17.0 Å². The second-order valence-corrected chi connectivity index (χ2v) is 8.79. The lowest BCUT2D eigenvalue weighted by molar-refractivity contribution is -0.122. The van der Waals surface area contributed by atoms with Crippen LogP contribution in [0.15, 0.2) is 101 Å². The lowest BCUT2D eigenvalue weighted by Gasteiger charge is -2.15. The molecule has 0 radical (unpaired) electrons. The van der Waals surface area contributed by atoms with Crippen LogP contribution in [0.4, 0.5) is 0 Å². The van der Waals surface area contributed by atoms with E-state index >= 15 is 0 Å². The van der Waals surface area contributed by atoms with E-state index in [1.54, 1.807) is 4.90 Å². The van der Waals surface area contributed by atoms with Gasteiger partial charge >= 0.3 is 0 Å². The highest BCUT2D eigenvalue weighted by molar-refractivity contribution is 8.18. The van der Waals surface area contributed by atoms with Gasteiger partial charge in [0, 0.05) is 29.7 Å². The van der Waals surface area contributed by atoms with E-state index in [9.17, 15) is 4.79 Å². The number of amides is 1. The van der Waals surface area contributed by atoms with Crippen LogP contribution in [0.1, 0.15) is 16.7 Å². The van der Waals surface area contributed by atoms with E-state index in [0.29, 0.717) is 18.0 Å². The Kier molecular flexibility index (Phi) is 5.65. The molecule has 0 atom stereocenters. The van der Waals surface area contributed by atoms with Crippen molar-refractivity contribution in [2.24, 2.45) is 12.0 Å². The molecule has 32 heavy (non-hydrogen) atoms. The minimum atomic E-state index is -0.00130. The van der Waals surface area contributed by atoms with E-state index in [1.165, 1.54) is 11.8 Å². The SMILES string of the molecule is Cn1cc(/C=C2/SC(=NCc3ccccc3)N(Cc3ccccc3)C2=O)c2ccccc21. The largest absolute Gasteiger partial charge is 0.350 e. The Hall–Kier alpha value is -3.57. The molecule has 3 aromatic carbocycles. The molecule has 0 spiro atoms. The van der Waals surface area contributed by atoms with Crippen molar-refractivity contribution in [1.82, 2.24) is 9.47 Å². The Balaban J connectivity index is 1.50. The Morgan fingerprint density at radius 1 is 0.875 bits per heavy atom. The number of aryl methyl sites for hydroxylation is 1. The summed E-state index contributed by atoms with van der Waals surface area (Å²) in [5.74, 6) is -0.00130. The summed E-state index contributed by atoms with van der Waals surface area (Å²) in [6.07, 6.45) is 4.07. The van der Waals surface area contributed by atoms with Gasteiger partial charge in [-0.2, -0.15) is 0 Å². The van der Waals surface area contributed by atoms with Gasteiger partial charge in [-0.05, 0) is 35.0 Å². The molecule has 1 fully saturated rings.